The Balaban J connectivity index is 2.73. The molecule has 1 aromatic rings. The van der Waals surface area contributed by atoms with E-state index < -0.39 is 0 Å². The van der Waals surface area contributed by atoms with E-state index in [2.05, 4.69) is 50.2 Å². The van der Waals surface area contributed by atoms with Crippen LogP contribution in [0.1, 0.15) is 25.5 Å². The van der Waals surface area contributed by atoms with Crippen LogP contribution in [0.5, 0.6) is 0 Å². The zero-order valence-electron chi connectivity index (χ0n) is 8.85. The summed E-state index contributed by atoms with van der Waals surface area (Å²) in [5, 5.41) is 3.42. The lowest BCUT2D eigenvalue weighted by atomic mass is 10.1. The summed E-state index contributed by atoms with van der Waals surface area (Å²) in [7, 11) is 0. The van der Waals surface area contributed by atoms with Gasteiger partial charge in [0.1, 0.15) is 0 Å². The normalized spacial score (nSPS) is 13.1. The minimum absolute atomic E-state index is 0.270. The van der Waals surface area contributed by atoms with Gasteiger partial charge >= 0.3 is 0 Å². The van der Waals surface area contributed by atoms with Crippen molar-refractivity contribution in [2.75, 3.05) is 19.8 Å². The Morgan fingerprint density at radius 2 is 2.20 bits per heavy atom. The lowest BCUT2D eigenvalue weighted by Crippen LogP contribution is -2.25. The molecule has 1 heterocycles. The van der Waals surface area contributed by atoms with Gasteiger partial charge < -0.3 is 10.1 Å². The summed E-state index contributed by atoms with van der Waals surface area (Å²) in [5.41, 5.74) is 1.27. The van der Waals surface area contributed by atoms with E-state index in [1.54, 1.807) is 11.3 Å². The van der Waals surface area contributed by atoms with Crippen molar-refractivity contribution in [3.63, 3.8) is 0 Å². The topological polar surface area (TPSA) is 21.3 Å². The summed E-state index contributed by atoms with van der Waals surface area (Å²) < 4.78 is 7.78. The van der Waals surface area contributed by atoms with E-state index in [1.807, 2.05) is 6.92 Å². The van der Waals surface area contributed by atoms with Crippen LogP contribution >= 0.6 is 43.2 Å². The molecule has 1 aromatic heterocycles. The molecule has 0 aliphatic heterocycles. The van der Waals surface area contributed by atoms with Crippen molar-refractivity contribution in [1.82, 2.24) is 5.32 Å². The van der Waals surface area contributed by atoms with Crippen molar-refractivity contribution in [3.8, 4) is 0 Å². The summed E-state index contributed by atoms with van der Waals surface area (Å²) in [6.07, 6.45) is 0. The first-order chi connectivity index (χ1) is 7.19. The standard InChI is InChI=1S/C10H15Br2NOS/c1-3-13-8(6-14-4-2)7-5-9(11)15-10(7)12/h5,8,13H,3-4,6H2,1-2H3. The molecule has 15 heavy (non-hydrogen) atoms. The number of halogens is 2. The lowest BCUT2D eigenvalue weighted by Gasteiger charge is -2.17. The summed E-state index contributed by atoms with van der Waals surface area (Å²) in [6.45, 7) is 6.53. The first kappa shape index (κ1) is 13.6. The fraction of sp³-hybridized carbons (Fsp3) is 0.600. The van der Waals surface area contributed by atoms with Gasteiger partial charge in [0.2, 0.25) is 0 Å². The molecule has 1 unspecified atom stereocenters. The number of nitrogens with one attached hydrogen (secondary N) is 1. The first-order valence-corrected chi connectivity index (χ1v) is 7.35. The zero-order valence-corrected chi connectivity index (χ0v) is 12.8. The molecule has 0 saturated heterocycles. The third-order valence-electron chi connectivity index (χ3n) is 2.00. The molecule has 86 valence electrons. The van der Waals surface area contributed by atoms with Gasteiger partial charge in [-0.05, 0) is 57.0 Å². The van der Waals surface area contributed by atoms with Crippen LogP contribution in [0, 0.1) is 0 Å². The highest BCUT2D eigenvalue weighted by Gasteiger charge is 2.16. The Bertz CT molecular complexity index is 304. The third kappa shape index (κ3) is 4.15. The van der Waals surface area contributed by atoms with Crippen molar-refractivity contribution < 1.29 is 4.74 Å². The third-order valence-corrected chi connectivity index (χ3v) is 4.38. The minimum Gasteiger partial charge on any atom is -0.380 e. The van der Waals surface area contributed by atoms with E-state index in [0.717, 1.165) is 16.9 Å². The van der Waals surface area contributed by atoms with E-state index in [9.17, 15) is 0 Å². The predicted molar refractivity (Wildman–Crippen MR) is 72.6 cm³/mol. The smallest absolute Gasteiger partial charge is 0.0759 e. The van der Waals surface area contributed by atoms with Crippen LogP contribution in [-0.4, -0.2) is 19.8 Å². The lowest BCUT2D eigenvalue weighted by molar-refractivity contribution is 0.123. The fourth-order valence-corrected chi connectivity index (χ4v) is 4.31. The number of rotatable bonds is 6. The maximum absolute atomic E-state index is 5.47. The Morgan fingerprint density at radius 1 is 1.47 bits per heavy atom. The van der Waals surface area contributed by atoms with Gasteiger partial charge in [0.15, 0.2) is 0 Å². The van der Waals surface area contributed by atoms with E-state index in [0.29, 0.717) is 6.61 Å². The molecular weight excluding hydrogens is 342 g/mol. The highest BCUT2D eigenvalue weighted by Crippen LogP contribution is 2.35. The maximum Gasteiger partial charge on any atom is 0.0759 e. The van der Waals surface area contributed by atoms with Gasteiger partial charge in [0.25, 0.3) is 0 Å². The minimum atomic E-state index is 0.270. The highest BCUT2D eigenvalue weighted by molar-refractivity contribution is 9.12. The molecule has 0 bridgehead atoms. The Morgan fingerprint density at radius 3 is 2.67 bits per heavy atom. The van der Waals surface area contributed by atoms with Gasteiger partial charge in [-0.3, -0.25) is 0 Å². The van der Waals surface area contributed by atoms with E-state index in [4.69, 9.17) is 4.74 Å². The van der Waals surface area contributed by atoms with Gasteiger partial charge in [-0.2, -0.15) is 0 Å². The quantitative estimate of drug-likeness (QED) is 0.832. The Hall–Kier alpha value is 0.580. The monoisotopic (exact) mass is 355 g/mol. The number of hydrogen-bond donors (Lipinski definition) is 1. The van der Waals surface area contributed by atoms with Crippen molar-refractivity contribution in [2.45, 2.75) is 19.9 Å². The van der Waals surface area contributed by atoms with Gasteiger partial charge in [-0.1, -0.05) is 6.92 Å². The van der Waals surface area contributed by atoms with Crippen LogP contribution in [-0.2, 0) is 4.74 Å². The number of likely N-dealkylation sites (N-methyl/N-ethyl adjacent to an activating group) is 1. The molecule has 0 radical (unpaired) electrons. The Labute approximate surface area is 112 Å². The molecule has 1 rings (SSSR count). The molecule has 0 aliphatic rings. The molecule has 0 spiro atoms. The molecule has 1 N–H and O–H groups in total. The van der Waals surface area contributed by atoms with Crippen molar-refractivity contribution in [1.29, 1.82) is 0 Å². The summed E-state index contributed by atoms with van der Waals surface area (Å²) in [5.74, 6) is 0. The summed E-state index contributed by atoms with van der Waals surface area (Å²) >= 11 is 8.76. The molecule has 0 aromatic carbocycles. The SMILES string of the molecule is CCNC(COCC)c1cc(Br)sc1Br. The highest BCUT2D eigenvalue weighted by atomic mass is 79.9. The predicted octanol–water partition coefficient (Wildman–Crippen LogP) is 3.96. The van der Waals surface area contributed by atoms with Crippen molar-refractivity contribution in [2.24, 2.45) is 0 Å². The first-order valence-electron chi connectivity index (χ1n) is 4.94. The van der Waals surface area contributed by atoms with Crippen LogP contribution in [0.2, 0.25) is 0 Å². The van der Waals surface area contributed by atoms with E-state index >= 15 is 0 Å². The number of thiophene rings is 1. The molecule has 0 fully saturated rings. The van der Waals surface area contributed by atoms with Crippen LogP contribution in [0.15, 0.2) is 13.6 Å². The van der Waals surface area contributed by atoms with Crippen molar-refractivity contribution in [3.05, 3.63) is 19.2 Å². The maximum atomic E-state index is 5.47. The molecule has 1 atom stereocenters. The largest absolute Gasteiger partial charge is 0.380 e. The van der Waals surface area contributed by atoms with Gasteiger partial charge in [0, 0.05) is 6.61 Å². The summed E-state index contributed by atoms with van der Waals surface area (Å²) in [6, 6.07) is 2.41. The average molecular weight is 357 g/mol. The second-order valence-electron chi connectivity index (χ2n) is 3.05. The number of hydrogen-bond acceptors (Lipinski definition) is 3. The van der Waals surface area contributed by atoms with Gasteiger partial charge in [-0.15, -0.1) is 11.3 Å². The molecular formula is C10H15Br2NOS. The molecule has 2 nitrogen and oxygen atoms in total. The molecule has 0 saturated carbocycles. The fourth-order valence-electron chi connectivity index (χ4n) is 1.33. The van der Waals surface area contributed by atoms with Crippen LogP contribution < -0.4 is 5.32 Å². The van der Waals surface area contributed by atoms with E-state index in [-0.39, 0.29) is 6.04 Å². The molecule has 5 heteroatoms. The average Bonchev–Trinajstić information content (AvgIpc) is 2.52. The zero-order chi connectivity index (χ0) is 11.3. The number of ether oxygens (including phenoxy) is 1. The summed E-state index contributed by atoms with van der Waals surface area (Å²) in [4.78, 5) is 0. The second kappa shape index (κ2) is 7.01. The Kier molecular flexibility index (Phi) is 6.38. The molecule has 0 aliphatic carbocycles. The van der Waals surface area contributed by atoms with Crippen LogP contribution in [0.25, 0.3) is 0 Å². The second-order valence-corrected chi connectivity index (χ2v) is 6.80. The van der Waals surface area contributed by atoms with Crippen molar-refractivity contribution >= 4 is 43.2 Å². The van der Waals surface area contributed by atoms with Crippen LogP contribution in [0.3, 0.4) is 0 Å². The van der Waals surface area contributed by atoms with Gasteiger partial charge in [0.05, 0.1) is 20.2 Å². The van der Waals surface area contributed by atoms with Crippen LogP contribution in [0.4, 0.5) is 0 Å². The van der Waals surface area contributed by atoms with E-state index in [1.165, 1.54) is 9.35 Å². The molecule has 0 amide bonds. The van der Waals surface area contributed by atoms with Gasteiger partial charge in [-0.25, -0.2) is 0 Å².